The lowest BCUT2D eigenvalue weighted by atomic mass is 10.2. The van der Waals surface area contributed by atoms with Crippen molar-refractivity contribution >= 4 is 11.9 Å². The standard InChI is InChI=1S/C7H11NO4/c1-3-5(9)12-4(2)6(8)7(10)11/h3-4,6H,1,8H2,2H3,(H,10,11)/t4-,6+/m1/s1. The van der Waals surface area contributed by atoms with Crippen LogP contribution in [-0.2, 0) is 14.3 Å². The van der Waals surface area contributed by atoms with Gasteiger partial charge in [-0.25, -0.2) is 4.79 Å². The molecule has 0 fully saturated rings. The molecule has 12 heavy (non-hydrogen) atoms. The zero-order valence-electron chi connectivity index (χ0n) is 6.69. The van der Waals surface area contributed by atoms with Crippen LogP contribution in [0.25, 0.3) is 0 Å². The van der Waals surface area contributed by atoms with Gasteiger partial charge in [-0.05, 0) is 6.92 Å². The zero-order chi connectivity index (χ0) is 9.72. The summed E-state index contributed by atoms with van der Waals surface area (Å²) in [5, 5.41) is 8.40. The summed E-state index contributed by atoms with van der Waals surface area (Å²) in [6, 6.07) is -1.20. The Balaban J connectivity index is 4.03. The molecule has 0 aromatic carbocycles. The number of carbonyl (C=O) groups is 2. The van der Waals surface area contributed by atoms with Crippen LogP contribution in [-0.4, -0.2) is 29.2 Å². The number of rotatable bonds is 4. The average Bonchev–Trinajstić information content (AvgIpc) is 2.02. The number of hydrogen-bond acceptors (Lipinski definition) is 4. The fourth-order valence-corrected chi connectivity index (χ4v) is 0.505. The van der Waals surface area contributed by atoms with Gasteiger partial charge in [-0.3, -0.25) is 4.79 Å². The van der Waals surface area contributed by atoms with Gasteiger partial charge >= 0.3 is 11.9 Å². The van der Waals surface area contributed by atoms with E-state index in [-0.39, 0.29) is 0 Å². The molecule has 2 atom stereocenters. The second-order valence-corrected chi connectivity index (χ2v) is 2.21. The predicted octanol–water partition coefficient (Wildman–Crippen LogP) is -0.484. The number of aliphatic carboxylic acids is 1. The minimum absolute atomic E-state index is 0.681. The second kappa shape index (κ2) is 4.50. The van der Waals surface area contributed by atoms with Crippen LogP contribution in [0, 0.1) is 0 Å². The quantitative estimate of drug-likeness (QED) is 0.442. The van der Waals surface area contributed by atoms with E-state index in [0.29, 0.717) is 0 Å². The maximum absolute atomic E-state index is 10.6. The molecule has 68 valence electrons. The lowest BCUT2D eigenvalue weighted by Crippen LogP contribution is -2.42. The summed E-state index contributed by atoms with van der Waals surface area (Å²) in [6.07, 6.45) is 0.0958. The van der Waals surface area contributed by atoms with Gasteiger partial charge in [0.1, 0.15) is 12.1 Å². The summed E-state index contributed by atoms with van der Waals surface area (Å²) >= 11 is 0. The van der Waals surface area contributed by atoms with Crippen molar-refractivity contribution in [1.82, 2.24) is 0 Å². The highest BCUT2D eigenvalue weighted by Crippen LogP contribution is 1.97. The van der Waals surface area contributed by atoms with Crippen molar-refractivity contribution in [2.24, 2.45) is 5.73 Å². The molecule has 0 radical (unpaired) electrons. The van der Waals surface area contributed by atoms with Gasteiger partial charge in [0, 0.05) is 6.08 Å². The third-order valence-corrected chi connectivity index (χ3v) is 1.26. The van der Waals surface area contributed by atoms with Gasteiger partial charge < -0.3 is 15.6 Å². The number of carboxylic acid groups (broad SMARTS) is 1. The molecule has 0 aromatic rings. The molecule has 0 saturated heterocycles. The van der Waals surface area contributed by atoms with Crippen molar-refractivity contribution in [3.05, 3.63) is 12.7 Å². The first kappa shape index (κ1) is 10.6. The van der Waals surface area contributed by atoms with Gasteiger partial charge in [0.15, 0.2) is 0 Å². The fraction of sp³-hybridized carbons (Fsp3) is 0.429. The van der Waals surface area contributed by atoms with Crippen LogP contribution in [0.15, 0.2) is 12.7 Å². The van der Waals surface area contributed by atoms with Crippen molar-refractivity contribution in [2.45, 2.75) is 19.1 Å². The predicted molar refractivity (Wildman–Crippen MR) is 41.4 cm³/mol. The topological polar surface area (TPSA) is 89.6 Å². The summed E-state index contributed by atoms with van der Waals surface area (Å²) in [6.45, 7) is 4.56. The highest BCUT2D eigenvalue weighted by atomic mass is 16.5. The Morgan fingerprint density at radius 2 is 2.17 bits per heavy atom. The average molecular weight is 173 g/mol. The third kappa shape index (κ3) is 3.16. The van der Waals surface area contributed by atoms with Crippen LogP contribution in [0.1, 0.15) is 6.92 Å². The SMILES string of the molecule is C=CC(=O)O[C@H](C)[C@H](N)C(=O)O. The van der Waals surface area contributed by atoms with Crippen LogP contribution in [0.2, 0.25) is 0 Å². The van der Waals surface area contributed by atoms with Crippen LogP contribution in [0.3, 0.4) is 0 Å². The van der Waals surface area contributed by atoms with Crippen molar-refractivity contribution in [2.75, 3.05) is 0 Å². The van der Waals surface area contributed by atoms with Crippen molar-refractivity contribution in [3.63, 3.8) is 0 Å². The number of nitrogens with two attached hydrogens (primary N) is 1. The van der Waals surface area contributed by atoms with Gasteiger partial charge in [0.05, 0.1) is 0 Å². The lowest BCUT2D eigenvalue weighted by Gasteiger charge is -2.15. The molecular weight excluding hydrogens is 162 g/mol. The van der Waals surface area contributed by atoms with Crippen LogP contribution < -0.4 is 5.73 Å². The van der Waals surface area contributed by atoms with Crippen molar-refractivity contribution in [3.8, 4) is 0 Å². The van der Waals surface area contributed by atoms with E-state index in [1.54, 1.807) is 0 Å². The molecule has 0 aliphatic rings. The molecule has 5 heteroatoms. The lowest BCUT2D eigenvalue weighted by molar-refractivity contribution is -0.149. The number of carboxylic acids is 1. The van der Waals surface area contributed by atoms with Crippen molar-refractivity contribution in [1.29, 1.82) is 0 Å². The van der Waals surface area contributed by atoms with E-state index in [0.717, 1.165) is 6.08 Å². The summed E-state index contributed by atoms with van der Waals surface area (Å²) < 4.78 is 4.56. The Labute approximate surface area is 69.8 Å². The molecule has 0 amide bonds. The Hall–Kier alpha value is -1.36. The second-order valence-electron chi connectivity index (χ2n) is 2.21. The van der Waals surface area contributed by atoms with E-state index in [1.807, 2.05) is 0 Å². The molecule has 0 saturated carbocycles. The first-order chi connectivity index (χ1) is 5.49. The smallest absolute Gasteiger partial charge is 0.330 e. The fourth-order valence-electron chi connectivity index (χ4n) is 0.505. The molecule has 3 N–H and O–H groups in total. The minimum Gasteiger partial charge on any atom is -0.480 e. The maximum Gasteiger partial charge on any atom is 0.330 e. The monoisotopic (exact) mass is 173 g/mol. The number of esters is 1. The molecule has 5 nitrogen and oxygen atoms in total. The largest absolute Gasteiger partial charge is 0.480 e. The van der Waals surface area contributed by atoms with Crippen LogP contribution >= 0.6 is 0 Å². The van der Waals surface area contributed by atoms with E-state index >= 15 is 0 Å². The van der Waals surface area contributed by atoms with E-state index < -0.39 is 24.1 Å². The third-order valence-electron chi connectivity index (χ3n) is 1.26. The van der Waals surface area contributed by atoms with Crippen LogP contribution in [0.5, 0.6) is 0 Å². The Bertz CT molecular complexity index is 202. The normalized spacial score (nSPS) is 14.5. The zero-order valence-corrected chi connectivity index (χ0v) is 6.69. The Kier molecular flexibility index (Phi) is 3.99. The summed E-state index contributed by atoms with van der Waals surface area (Å²) in [5.74, 6) is -1.89. The van der Waals surface area contributed by atoms with E-state index in [4.69, 9.17) is 10.8 Å². The highest BCUT2D eigenvalue weighted by Gasteiger charge is 2.22. The summed E-state index contributed by atoms with van der Waals surface area (Å²) in [4.78, 5) is 20.8. The molecule has 0 aliphatic heterocycles. The molecule has 0 unspecified atom stereocenters. The van der Waals surface area contributed by atoms with Gasteiger partial charge in [0.2, 0.25) is 0 Å². The summed E-state index contributed by atoms with van der Waals surface area (Å²) in [5.41, 5.74) is 5.15. The molecule has 0 heterocycles. The Morgan fingerprint density at radius 1 is 1.67 bits per heavy atom. The molecular formula is C7H11NO4. The molecule has 0 bridgehead atoms. The molecule has 0 rings (SSSR count). The first-order valence-corrected chi connectivity index (χ1v) is 3.30. The number of ether oxygens (including phenoxy) is 1. The van der Waals surface area contributed by atoms with E-state index in [2.05, 4.69) is 11.3 Å². The minimum atomic E-state index is -1.21. The van der Waals surface area contributed by atoms with Gasteiger partial charge in [-0.1, -0.05) is 6.58 Å². The van der Waals surface area contributed by atoms with Gasteiger partial charge in [-0.15, -0.1) is 0 Å². The number of carbonyl (C=O) groups excluding carboxylic acids is 1. The van der Waals surface area contributed by atoms with Crippen LogP contribution in [0.4, 0.5) is 0 Å². The maximum atomic E-state index is 10.6. The molecule has 0 spiro atoms. The molecule has 0 aromatic heterocycles. The van der Waals surface area contributed by atoms with Crippen molar-refractivity contribution < 1.29 is 19.4 Å². The van der Waals surface area contributed by atoms with E-state index in [1.165, 1.54) is 6.92 Å². The van der Waals surface area contributed by atoms with E-state index in [9.17, 15) is 9.59 Å². The van der Waals surface area contributed by atoms with Gasteiger partial charge in [-0.2, -0.15) is 0 Å². The summed E-state index contributed by atoms with van der Waals surface area (Å²) in [7, 11) is 0. The van der Waals surface area contributed by atoms with Gasteiger partial charge in [0.25, 0.3) is 0 Å². The highest BCUT2D eigenvalue weighted by molar-refractivity contribution is 5.82. The Morgan fingerprint density at radius 3 is 2.50 bits per heavy atom. The molecule has 0 aliphatic carbocycles. The first-order valence-electron chi connectivity index (χ1n) is 3.30. The number of hydrogen-bond donors (Lipinski definition) is 2.